The zero-order chi connectivity index (χ0) is 15.7. The van der Waals surface area contributed by atoms with Crippen LogP contribution in [0.3, 0.4) is 0 Å². The molecule has 1 aromatic heterocycles. The molecule has 0 aromatic carbocycles. The molecule has 0 aliphatic heterocycles. The minimum Gasteiger partial charge on any atom is -0.385 e. The van der Waals surface area contributed by atoms with Gasteiger partial charge < -0.3 is 14.8 Å². The molecule has 9 heteroatoms. The molecule has 1 heterocycles. The molecule has 0 amide bonds. The molecule has 0 saturated carbocycles. The maximum atomic E-state index is 12.6. The minimum atomic E-state index is -3.63. The number of hydrogen-bond donors (Lipinski definition) is 1. The lowest BCUT2D eigenvalue weighted by Gasteiger charge is -2.21. The van der Waals surface area contributed by atoms with Crippen molar-refractivity contribution in [1.29, 1.82) is 0 Å². The lowest BCUT2D eigenvalue weighted by molar-refractivity contribution is 0.164. The van der Waals surface area contributed by atoms with E-state index < -0.39 is 10.0 Å². The van der Waals surface area contributed by atoms with Gasteiger partial charge in [0.2, 0.25) is 16.0 Å². The summed E-state index contributed by atoms with van der Waals surface area (Å²) in [5, 5.41) is 2.74. The van der Waals surface area contributed by atoms with E-state index in [0.717, 1.165) is 0 Å². The first-order valence-corrected chi connectivity index (χ1v) is 7.98. The molecule has 8 nitrogen and oxygen atoms in total. The second kappa shape index (κ2) is 8.88. The second-order valence-electron chi connectivity index (χ2n) is 4.24. The Morgan fingerprint density at radius 1 is 1.14 bits per heavy atom. The van der Waals surface area contributed by atoms with E-state index in [9.17, 15) is 8.42 Å². The molecule has 0 atom stereocenters. The highest BCUT2D eigenvalue weighted by Gasteiger charge is 2.24. The number of methoxy groups -OCH3 is 2. The molecule has 1 rings (SSSR count). The van der Waals surface area contributed by atoms with Crippen LogP contribution in [-0.2, 0) is 19.5 Å². The third-order valence-corrected chi connectivity index (χ3v) is 4.64. The van der Waals surface area contributed by atoms with Crippen LogP contribution >= 0.6 is 0 Å². The van der Waals surface area contributed by atoms with Gasteiger partial charge >= 0.3 is 0 Å². The highest BCUT2D eigenvalue weighted by atomic mass is 32.2. The van der Waals surface area contributed by atoms with Gasteiger partial charge in [-0.15, -0.1) is 0 Å². The van der Waals surface area contributed by atoms with Gasteiger partial charge in [0, 0.05) is 41.0 Å². The number of sulfonamides is 1. The SMILES string of the molecule is CNc1ncc(S(=O)(=O)N(CCCOC)CCOC)cn1. The average Bonchev–Trinajstić information content (AvgIpc) is 2.50. The van der Waals surface area contributed by atoms with Crippen LogP contribution in [0.25, 0.3) is 0 Å². The fourth-order valence-corrected chi connectivity index (χ4v) is 3.01. The fraction of sp³-hybridized carbons (Fsp3) is 0.667. The summed E-state index contributed by atoms with van der Waals surface area (Å²) in [6.45, 7) is 1.44. The van der Waals surface area contributed by atoms with Crippen molar-refractivity contribution in [2.75, 3.05) is 52.9 Å². The van der Waals surface area contributed by atoms with Crippen molar-refractivity contribution in [3.8, 4) is 0 Å². The van der Waals surface area contributed by atoms with E-state index in [-0.39, 0.29) is 11.4 Å². The van der Waals surface area contributed by atoms with Crippen molar-refractivity contribution in [2.45, 2.75) is 11.3 Å². The van der Waals surface area contributed by atoms with Gasteiger partial charge in [-0.1, -0.05) is 0 Å². The summed E-state index contributed by atoms with van der Waals surface area (Å²) in [6.07, 6.45) is 3.20. The molecular weight excluding hydrogens is 296 g/mol. The van der Waals surface area contributed by atoms with Crippen LogP contribution in [-0.4, -0.2) is 70.3 Å². The summed E-state index contributed by atoms with van der Waals surface area (Å²) < 4.78 is 36.4. The maximum Gasteiger partial charge on any atom is 0.246 e. The predicted molar refractivity (Wildman–Crippen MR) is 78.7 cm³/mol. The Balaban J connectivity index is 2.89. The van der Waals surface area contributed by atoms with Gasteiger partial charge in [0.1, 0.15) is 4.90 Å². The van der Waals surface area contributed by atoms with Crippen LogP contribution in [0, 0.1) is 0 Å². The van der Waals surface area contributed by atoms with Gasteiger partial charge in [-0.3, -0.25) is 0 Å². The van der Waals surface area contributed by atoms with Gasteiger partial charge in [-0.05, 0) is 6.42 Å². The number of nitrogens with one attached hydrogen (secondary N) is 1. The number of aromatic nitrogens is 2. The minimum absolute atomic E-state index is 0.0648. The van der Waals surface area contributed by atoms with E-state index >= 15 is 0 Å². The van der Waals surface area contributed by atoms with Crippen LogP contribution < -0.4 is 5.32 Å². The largest absolute Gasteiger partial charge is 0.385 e. The molecule has 120 valence electrons. The molecule has 0 aliphatic rings. The zero-order valence-electron chi connectivity index (χ0n) is 12.6. The molecule has 0 radical (unpaired) electrons. The van der Waals surface area contributed by atoms with E-state index in [2.05, 4.69) is 15.3 Å². The van der Waals surface area contributed by atoms with E-state index in [4.69, 9.17) is 9.47 Å². The fourth-order valence-electron chi connectivity index (χ4n) is 1.66. The Bertz CT molecular complexity index is 506. The number of rotatable bonds is 10. The quantitative estimate of drug-likeness (QED) is 0.616. The lowest BCUT2D eigenvalue weighted by atomic mass is 10.4. The molecule has 0 aliphatic carbocycles. The van der Waals surface area contributed by atoms with Gasteiger partial charge in [-0.2, -0.15) is 4.31 Å². The standard InChI is InChI=1S/C12H22N4O4S/c1-13-12-14-9-11(10-15-12)21(17,18)16(6-8-20-3)5-4-7-19-2/h9-10H,4-8H2,1-3H3,(H,13,14,15). The van der Waals surface area contributed by atoms with Crippen LogP contribution in [0.5, 0.6) is 0 Å². The molecular formula is C12H22N4O4S. The summed E-state index contributed by atoms with van der Waals surface area (Å²) in [5.41, 5.74) is 0. The normalized spacial score (nSPS) is 11.8. The molecule has 0 spiro atoms. The summed E-state index contributed by atoms with van der Waals surface area (Å²) in [7, 11) is 1.15. The van der Waals surface area contributed by atoms with Crippen molar-refractivity contribution in [2.24, 2.45) is 0 Å². The van der Waals surface area contributed by atoms with Gasteiger partial charge in [0.05, 0.1) is 19.0 Å². The van der Waals surface area contributed by atoms with Crippen LogP contribution in [0.1, 0.15) is 6.42 Å². The Morgan fingerprint density at radius 2 is 1.76 bits per heavy atom. The van der Waals surface area contributed by atoms with Gasteiger partial charge in [0.15, 0.2) is 0 Å². The van der Waals surface area contributed by atoms with Crippen molar-refractivity contribution in [3.05, 3.63) is 12.4 Å². The van der Waals surface area contributed by atoms with E-state index in [0.29, 0.717) is 32.1 Å². The number of nitrogens with zero attached hydrogens (tertiary/aromatic N) is 3. The smallest absolute Gasteiger partial charge is 0.246 e. The molecule has 0 saturated heterocycles. The molecule has 0 unspecified atom stereocenters. The van der Waals surface area contributed by atoms with Crippen molar-refractivity contribution >= 4 is 16.0 Å². The third kappa shape index (κ3) is 5.20. The lowest BCUT2D eigenvalue weighted by Crippen LogP contribution is -2.35. The number of ether oxygens (including phenoxy) is 2. The van der Waals surface area contributed by atoms with Crippen molar-refractivity contribution in [1.82, 2.24) is 14.3 Å². The van der Waals surface area contributed by atoms with E-state index in [1.807, 2.05) is 0 Å². The average molecular weight is 318 g/mol. The molecule has 21 heavy (non-hydrogen) atoms. The summed E-state index contributed by atoms with van der Waals surface area (Å²) in [4.78, 5) is 7.94. The molecule has 1 N–H and O–H groups in total. The molecule has 0 bridgehead atoms. The first-order valence-electron chi connectivity index (χ1n) is 6.54. The first kappa shape index (κ1) is 17.8. The van der Waals surface area contributed by atoms with Crippen molar-refractivity contribution in [3.63, 3.8) is 0 Å². The topological polar surface area (TPSA) is 93.7 Å². The highest BCUT2D eigenvalue weighted by Crippen LogP contribution is 2.15. The molecule has 0 fully saturated rings. The first-order chi connectivity index (χ1) is 10.1. The van der Waals surface area contributed by atoms with Gasteiger partial charge in [-0.25, -0.2) is 18.4 Å². The summed E-state index contributed by atoms with van der Waals surface area (Å²) in [5.74, 6) is 0.372. The Kier molecular flexibility index (Phi) is 7.51. The van der Waals surface area contributed by atoms with Crippen molar-refractivity contribution < 1.29 is 17.9 Å². The third-order valence-electron chi connectivity index (χ3n) is 2.79. The number of hydrogen-bond acceptors (Lipinski definition) is 7. The Morgan fingerprint density at radius 3 is 2.29 bits per heavy atom. The number of anilines is 1. The summed E-state index contributed by atoms with van der Waals surface area (Å²) >= 11 is 0. The highest BCUT2D eigenvalue weighted by molar-refractivity contribution is 7.89. The van der Waals surface area contributed by atoms with Crippen LogP contribution in [0.15, 0.2) is 17.3 Å². The zero-order valence-corrected chi connectivity index (χ0v) is 13.4. The van der Waals surface area contributed by atoms with Crippen LogP contribution in [0.4, 0.5) is 5.95 Å². The van der Waals surface area contributed by atoms with E-state index in [1.165, 1.54) is 23.8 Å². The maximum absolute atomic E-state index is 12.6. The monoisotopic (exact) mass is 318 g/mol. The summed E-state index contributed by atoms with van der Waals surface area (Å²) in [6, 6.07) is 0. The second-order valence-corrected chi connectivity index (χ2v) is 6.17. The Labute approximate surface area is 125 Å². The molecule has 1 aromatic rings. The van der Waals surface area contributed by atoms with E-state index in [1.54, 1.807) is 14.2 Å². The predicted octanol–water partition coefficient (Wildman–Crippen LogP) is 0.192. The van der Waals surface area contributed by atoms with Gasteiger partial charge in [0.25, 0.3) is 0 Å². The Hall–Kier alpha value is -1.29. The van der Waals surface area contributed by atoms with Crippen LogP contribution in [0.2, 0.25) is 0 Å².